The molecule has 0 fully saturated rings. The van der Waals surface area contributed by atoms with Gasteiger partial charge in [0.2, 0.25) is 0 Å². The lowest BCUT2D eigenvalue weighted by Crippen LogP contribution is -2.10. The van der Waals surface area contributed by atoms with E-state index in [4.69, 9.17) is 74.3 Å². The molecule has 20 heteroatoms. The second kappa shape index (κ2) is 30.7. The summed E-state index contributed by atoms with van der Waals surface area (Å²) >= 11 is 0. The minimum Gasteiger partial charge on any atom is -0.507 e. The number of carbonyl (C=O) groups is 8. The van der Waals surface area contributed by atoms with E-state index in [9.17, 15) is 43.5 Å². The summed E-state index contributed by atoms with van der Waals surface area (Å²) in [7, 11) is 0. The van der Waals surface area contributed by atoms with Crippen molar-refractivity contribution in [1.29, 1.82) is 0 Å². The number of phenols is 1. The summed E-state index contributed by atoms with van der Waals surface area (Å²) in [5.41, 5.74) is 0.846. The molecule has 9 N–H and O–H groups in total. The Bertz CT molecular complexity index is 2500. The maximum Gasteiger partial charge on any atom is 0.335 e. The summed E-state index contributed by atoms with van der Waals surface area (Å²) in [5.74, 6) is 1.64. The lowest BCUT2D eigenvalue weighted by molar-refractivity contribution is 0.0694. The molecule has 0 aliphatic rings. The van der Waals surface area contributed by atoms with Gasteiger partial charge in [0.1, 0.15) is 89.1 Å². The van der Waals surface area contributed by atoms with Gasteiger partial charge >= 0.3 is 5.97 Å². The van der Waals surface area contributed by atoms with E-state index in [0.29, 0.717) is 0 Å². The minimum atomic E-state index is -1.14. The largest absolute Gasteiger partial charge is 0.507 e. The number of benzene rings is 4. The van der Waals surface area contributed by atoms with Crippen molar-refractivity contribution in [3.63, 3.8) is 0 Å². The molecule has 0 aliphatic carbocycles. The van der Waals surface area contributed by atoms with Crippen molar-refractivity contribution in [2.24, 2.45) is 0 Å². The van der Waals surface area contributed by atoms with Crippen LogP contribution in [0.15, 0.2) is 72.8 Å². The Labute approximate surface area is 387 Å². The molecule has 0 spiro atoms. The van der Waals surface area contributed by atoms with Gasteiger partial charge in [-0.15, -0.1) is 19.3 Å². The van der Waals surface area contributed by atoms with E-state index < -0.39 is 92.7 Å². The van der Waals surface area contributed by atoms with Crippen LogP contribution in [0.4, 0.5) is 0 Å². The van der Waals surface area contributed by atoms with Crippen molar-refractivity contribution in [1.82, 2.24) is 0 Å². The van der Waals surface area contributed by atoms with Crippen LogP contribution in [-0.2, 0) is 0 Å². The van der Waals surface area contributed by atoms with Crippen molar-refractivity contribution in [2.75, 3.05) is 66.1 Å². The van der Waals surface area contributed by atoms with Crippen LogP contribution in [0.25, 0.3) is 0 Å². The van der Waals surface area contributed by atoms with Crippen molar-refractivity contribution >= 4 is 46.5 Å². The molecule has 356 valence electrons. The zero-order valence-electron chi connectivity index (χ0n) is 35.7. The van der Waals surface area contributed by atoms with Gasteiger partial charge in [-0.3, -0.25) is 33.6 Å². The third-order valence-corrected chi connectivity index (χ3v) is 8.30. The summed E-state index contributed by atoms with van der Waals surface area (Å²) in [5, 5.41) is 79.2. The van der Waals surface area contributed by atoms with Gasteiger partial charge in [-0.25, -0.2) is 4.79 Å². The predicted octanol–water partition coefficient (Wildman–Crippen LogP) is 0.411. The lowest BCUT2D eigenvalue weighted by atomic mass is 10.0. The Morgan fingerprint density at radius 2 is 0.632 bits per heavy atom. The van der Waals surface area contributed by atoms with Gasteiger partial charge in [-0.2, -0.15) is 0 Å². The monoisotopic (exact) mass is 940 g/mol. The van der Waals surface area contributed by atoms with Crippen LogP contribution in [0.5, 0.6) is 23.0 Å². The second-order valence-electron chi connectivity index (χ2n) is 12.7. The first-order valence-electron chi connectivity index (χ1n) is 19.1. The Kier molecular flexibility index (Phi) is 26.0. The van der Waals surface area contributed by atoms with Crippen LogP contribution < -0.4 is 14.2 Å². The minimum absolute atomic E-state index is 0.0217. The number of ketones is 7. The number of aliphatic hydroxyl groups is 7. The first-order valence-corrected chi connectivity index (χ1v) is 19.1. The summed E-state index contributed by atoms with van der Waals surface area (Å²) < 4.78 is 15.4. The normalized spacial score (nSPS) is 9.65. The first-order chi connectivity index (χ1) is 32.5. The van der Waals surface area contributed by atoms with Crippen LogP contribution in [-0.4, -0.2) is 158 Å². The highest BCUT2D eigenvalue weighted by molar-refractivity contribution is 6.05. The highest BCUT2D eigenvalue weighted by Crippen LogP contribution is 2.24. The van der Waals surface area contributed by atoms with Crippen LogP contribution in [0.3, 0.4) is 0 Å². The number of hydrogen-bond acceptors (Lipinski definition) is 19. The molecule has 0 amide bonds. The molecule has 0 heterocycles. The molecule has 0 bridgehead atoms. The maximum atomic E-state index is 11.4. The number of hydrogen-bond donors (Lipinski definition) is 9. The van der Waals surface area contributed by atoms with E-state index in [-0.39, 0.29) is 87.3 Å². The highest BCUT2D eigenvalue weighted by Gasteiger charge is 2.18. The molecule has 0 unspecified atom stereocenters. The molecule has 20 nitrogen and oxygen atoms in total. The van der Waals surface area contributed by atoms with Crippen LogP contribution in [0.2, 0.25) is 0 Å². The molecule has 0 aliphatic heterocycles. The van der Waals surface area contributed by atoms with Crippen LogP contribution >= 0.6 is 0 Å². The van der Waals surface area contributed by atoms with Gasteiger partial charge in [-0.05, 0) is 54.6 Å². The number of aromatic hydroxyl groups is 1. The third kappa shape index (κ3) is 17.9. The summed E-state index contributed by atoms with van der Waals surface area (Å²) in [4.78, 5) is 89.6. The van der Waals surface area contributed by atoms with Gasteiger partial charge in [0.05, 0.1) is 27.8 Å². The number of aliphatic hydroxyl groups excluding tert-OH is 7. The number of carbonyl (C=O) groups excluding carboxylic acids is 7. The fraction of sp³-hybridized carbons (Fsp3) is 0.208. The molecular weight excluding hydrogens is 897 g/mol. The molecule has 4 aromatic rings. The molecule has 68 heavy (non-hydrogen) atoms. The van der Waals surface area contributed by atoms with E-state index in [1.165, 1.54) is 66.7 Å². The molecule has 4 aromatic carbocycles. The molecule has 0 aromatic heterocycles. The zero-order chi connectivity index (χ0) is 51.3. The summed E-state index contributed by atoms with van der Waals surface area (Å²) in [6, 6.07) is 15.5. The van der Waals surface area contributed by atoms with Gasteiger partial charge < -0.3 is 60.2 Å². The van der Waals surface area contributed by atoms with Crippen molar-refractivity contribution in [3.05, 3.63) is 117 Å². The predicted molar refractivity (Wildman–Crippen MR) is 237 cm³/mol. The number of ether oxygens (including phenoxy) is 3. The third-order valence-electron chi connectivity index (χ3n) is 8.30. The van der Waals surface area contributed by atoms with E-state index >= 15 is 0 Å². The highest BCUT2D eigenvalue weighted by atomic mass is 16.5. The molecule has 0 saturated carbocycles. The number of phenolic OH excluding ortho intramolecular Hbond substituents is 1. The van der Waals surface area contributed by atoms with Crippen molar-refractivity contribution in [3.8, 4) is 60.0 Å². The van der Waals surface area contributed by atoms with Gasteiger partial charge in [0.15, 0.2) is 40.5 Å². The van der Waals surface area contributed by atoms with E-state index in [0.717, 1.165) is 6.07 Å². The Morgan fingerprint density at radius 1 is 0.382 bits per heavy atom. The average molecular weight is 941 g/mol. The second-order valence-corrected chi connectivity index (χ2v) is 12.7. The Morgan fingerprint density at radius 3 is 0.897 bits per heavy atom. The first kappa shape index (κ1) is 57.7. The van der Waals surface area contributed by atoms with Gasteiger partial charge in [0, 0.05) is 16.7 Å². The lowest BCUT2D eigenvalue weighted by Gasteiger charge is -2.09. The number of carboxylic acids is 1. The van der Waals surface area contributed by atoms with Gasteiger partial charge in [-0.1, -0.05) is 36.0 Å². The van der Waals surface area contributed by atoms with Crippen LogP contribution in [0.1, 0.15) is 82.9 Å². The molecule has 0 radical (unpaired) electrons. The molecule has 0 saturated heterocycles. The number of Topliss-reactive ketones (excluding diaryl/α,β-unsaturated/α-hetero) is 7. The number of terminal acetylenes is 3. The fourth-order valence-electron chi connectivity index (χ4n) is 5.01. The summed E-state index contributed by atoms with van der Waals surface area (Å²) in [6.45, 7) is -4.88. The van der Waals surface area contributed by atoms with Gasteiger partial charge in [0.25, 0.3) is 0 Å². The van der Waals surface area contributed by atoms with E-state index in [1.807, 2.05) is 0 Å². The molecular formula is C48H44O20. The number of aromatic carboxylic acids is 1. The smallest absolute Gasteiger partial charge is 0.335 e. The molecule has 4 rings (SSSR count). The number of rotatable bonds is 21. The number of carboxylic acid groups (broad SMARTS) is 1. The zero-order valence-corrected chi connectivity index (χ0v) is 35.7. The topological polar surface area (TPSA) is 346 Å². The SMILES string of the molecule is C#CCOc1cc(C(=O)CO)ccc1C(=O)CO.C#CCOc1cc(C(=O)CO)ccc1C(=O)CO.C#CCOc1cc(C(=O)O)ccc1C(=O)CO.O=C(CO)c1ccc(C(=O)CO)c(O)c1. The fourth-order valence-corrected chi connectivity index (χ4v) is 5.01. The van der Waals surface area contributed by atoms with Crippen molar-refractivity contribution < 1.29 is 98.5 Å². The Hall–Kier alpha value is -8.36. The van der Waals surface area contributed by atoms with E-state index in [2.05, 4.69) is 17.8 Å². The van der Waals surface area contributed by atoms with Crippen LogP contribution in [0, 0.1) is 37.0 Å². The van der Waals surface area contributed by atoms with Crippen molar-refractivity contribution in [2.45, 2.75) is 0 Å². The average Bonchev–Trinajstić information content (AvgIpc) is 3.37. The standard InChI is InChI=1S/2C13H12O5.C12H10O5.C10H10O5/c2*1-2-5-18-13-6-9(11(16)7-14)3-4-10(13)12(17)8-15;1-2-5-17-11-6-8(12(15)16)3-4-9(11)10(14)7-13;11-4-9(14)6-1-2-7(8(13)3-6)10(15)5-12/h2*1,3-4,6,14-15H,5,7-8H2;1,3-4,6,13H,5,7H2,(H,15,16);1-3,11-13H,4-5H2. The summed E-state index contributed by atoms with van der Waals surface area (Å²) in [6.07, 6.45) is 15.1. The molecule has 0 atom stereocenters. The quantitative estimate of drug-likeness (QED) is 0.0403. The van der Waals surface area contributed by atoms with E-state index in [1.54, 1.807) is 0 Å². The Balaban J connectivity index is 0.000000454. The maximum absolute atomic E-state index is 11.4.